The van der Waals surface area contributed by atoms with Gasteiger partial charge in [0.05, 0.1) is 18.8 Å². The summed E-state index contributed by atoms with van der Waals surface area (Å²) in [4.78, 5) is 15.1. The van der Waals surface area contributed by atoms with Crippen molar-refractivity contribution < 1.29 is 9.53 Å². The molecule has 0 atom stereocenters. The Bertz CT molecular complexity index is 538. The molecule has 1 saturated carbocycles. The Hall–Kier alpha value is -0.660. The van der Waals surface area contributed by atoms with E-state index < -0.39 is 0 Å². The van der Waals surface area contributed by atoms with Gasteiger partial charge >= 0.3 is 0 Å². The molecular formula is C18H25IN2O2. The van der Waals surface area contributed by atoms with Gasteiger partial charge in [0.25, 0.3) is 5.91 Å². The van der Waals surface area contributed by atoms with Crippen molar-refractivity contribution in [2.45, 2.75) is 37.6 Å². The molecular weight excluding hydrogens is 403 g/mol. The van der Waals surface area contributed by atoms with E-state index in [4.69, 9.17) is 4.74 Å². The standard InChI is InChI=1S/C18H25IN2O2/c19-16-7-3-2-6-15(16)17(22)20-14-18(8-4-1-5-9-18)21-10-12-23-13-11-21/h2-3,6-7H,1,4-5,8-14H2,(H,20,22). The van der Waals surface area contributed by atoms with Crippen molar-refractivity contribution in [2.24, 2.45) is 0 Å². The molecule has 0 unspecified atom stereocenters. The van der Waals surface area contributed by atoms with Crippen molar-refractivity contribution in [3.05, 3.63) is 33.4 Å². The number of rotatable bonds is 4. The minimum atomic E-state index is 0.0493. The smallest absolute Gasteiger partial charge is 0.252 e. The lowest BCUT2D eigenvalue weighted by atomic mass is 9.79. The second-order valence-corrected chi connectivity index (χ2v) is 7.71. The van der Waals surface area contributed by atoms with Crippen LogP contribution in [0.2, 0.25) is 0 Å². The maximum absolute atomic E-state index is 12.6. The van der Waals surface area contributed by atoms with Gasteiger partial charge in [-0.2, -0.15) is 0 Å². The van der Waals surface area contributed by atoms with Crippen LogP contribution >= 0.6 is 22.6 Å². The van der Waals surface area contributed by atoms with Crippen molar-refractivity contribution in [1.82, 2.24) is 10.2 Å². The van der Waals surface area contributed by atoms with E-state index in [1.165, 1.54) is 32.1 Å². The summed E-state index contributed by atoms with van der Waals surface area (Å²) >= 11 is 2.23. The van der Waals surface area contributed by atoms with E-state index in [9.17, 15) is 4.79 Å². The third-order valence-electron chi connectivity index (χ3n) is 5.16. The molecule has 1 aromatic carbocycles. The van der Waals surface area contributed by atoms with Crippen LogP contribution in [0.4, 0.5) is 0 Å². The highest BCUT2D eigenvalue weighted by Crippen LogP contribution is 2.34. The number of hydrogen-bond donors (Lipinski definition) is 1. The van der Waals surface area contributed by atoms with Crippen molar-refractivity contribution >= 4 is 28.5 Å². The third kappa shape index (κ3) is 4.06. The number of morpholine rings is 1. The number of nitrogens with one attached hydrogen (secondary N) is 1. The van der Waals surface area contributed by atoms with Crippen molar-refractivity contribution in [1.29, 1.82) is 0 Å². The zero-order chi connectivity index (χ0) is 16.1. The first kappa shape index (κ1) is 17.2. The summed E-state index contributed by atoms with van der Waals surface area (Å²) in [5.74, 6) is 0.0493. The molecule has 1 amide bonds. The summed E-state index contributed by atoms with van der Waals surface area (Å²) in [5.41, 5.74) is 0.902. The molecule has 0 radical (unpaired) electrons. The Morgan fingerprint density at radius 3 is 2.57 bits per heavy atom. The molecule has 0 aromatic heterocycles. The molecule has 1 aliphatic carbocycles. The van der Waals surface area contributed by atoms with Crippen LogP contribution in [0.15, 0.2) is 24.3 Å². The molecule has 4 nitrogen and oxygen atoms in total. The number of carbonyl (C=O) groups excluding carboxylic acids is 1. The molecule has 1 aliphatic heterocycles. The van der Waals surface area contributed by atoms with E-state index >= 15 is 0 Å². The Kier molecular flexibility index (Phi) is 5.93. The average Bonchev–Trinajstić information content (AvgIpc) is 2.62. The third-order valence-corrected chi connectivity index (χ3v) is 6.10. The highest BCUT2D eigenvalue weighted by atomic mass is 127. The highest BCUT2D eigenvalue weighted by molar-refractivity contribution is 14.1. The van der Waals surface area contributed by atoms with Crippen LogP contribution in [-0.2, 0) is 4.74 Å². The minimum absolute atomic E-state index is 0.0493. The van der Waals surface area contributed by atoms with E-state index in [2.05, 4.69) is 32.8 Å². The van der Waals surface area contributed by atoms with Gasteiger partial charge in [-0.3, -0.25) is 9.69 Å². The number of ether oxygens (including phenoxy) is 1. The van der Waals surface area contributed by atoms with Crippen LogP contribution in [0.25, 0.3) is 0 Å². The van der Waals surface area contributed by atoms with Gasteiger partial charge in [-0.25, -0.2) is 0 Å². The fraction of sp³-hybridized carbons (Fsp3) is 0.611. The van der Waals surface area contributed by atoms with Gasteiger partial charge < -0.3 is 10.1 Å². The lowest BCUT2D eigenvalue weighted by Crippen LogP contribution is -2.59. The molecule has 23 heavy (non-hydrogen) atoms. The summed E-state index contributed by atoms with van der Waals surface area (Å²) in [6.07, 6.45) is 6.20. The molecule has 1 saturated heterocycles. The van der Waals surface area contributed by atoms with Gasteiger partial charge in [-0.15, -0.1) is 0 Å². The van der Waals surface area contributed by atoms with Gasteiger partial charge in [0.2, 0.25) is 0 Å². The lowest BCUT2D eigenvalue weighted by Gasteiger charge is -2.48. The molecule has 1 heterocycles. The molecule has 3 rings (SSSR count). The second kappa shape index (κ2) is 7.94. The van der Waals surface area contributed by atoms with Gasteiger partial charge in [0, 0.05) is 28.7 Å². The molecule has 0 bridgehead atoms. The Morgan fingerprint density at radius 1 is 1.17 bits per heavy atom. The number of benzene rings is 1. The van der Waals surface area contributed by atoms with Crippen LogP contribution in [0.1, 0.15) is 42.5 Å². The molecule has 1 aromatic rings. The van der Waals surface area contributed by atoms with Crippen LogP contribution in [0.3, 0.4) is 0 Å². The monoisotopic (exact) mass is 428 g/mol. The quantitative estimate of drug-likeness (QED) is 0.750. The van der Waals surface area contributed by atoms with E-state index in [-0.39, 0.29) is 11.4 Å². The summed E-state index contributed by atoms with van der Waals surface area (Å²) in [6.45, 7) is 4.34. The summed E-state index contributed by atoms with van der Waals surface area (Å²) in [6, 6.07) is 7.78. The molecule has 126 valence electrons. The second-order valence-electron chi connectivity index (χ2n) is 6.55. The van der Waals surface area contributed by atoms with Crippen molar-refractivity contribution in [2.75, 3.05) is 32.8 Å². The topological polar surface area (TPSA) is 41.6 Å². The predicted molar refractivity (Wildman–Crippen MR) is 99.7 cm³/mol. The molecule has 0 spiro atoms. The Labute approximate surface area is 152 Å². The highest BCUT2D eigenvalue weighted by Gasteiger charge is 2.38. The molecule has 2 aliphatic rings. The van der Waals surface area contributed by atoms with Gasteiger partial charge in [-0.1, -0.05) is 31.4 Å². The number of halogens is 1. The maximum atomic E-state index is 12.6. The van der Waals surface area contributed by atoms with Gasteiger partial charge in [0.1, 0.15) is 0 Å². The normalized spacial score (nSPS) is 21.8. The SMILES string of the molecule is O=C(NCC1(N2CCOCC2)CCCCC1)c1ccccc1I. The number of amides is 1. The molecule has 1 N–H and O–H groups in total. The summed E-state index contributed by atoms with van der Waals surface area (Å²) < 4.78 is 6.52. The van der Waals surface area contributed by atoms with Crippen molar-refractivity contribution in [3.63, 3.8) is 0 Å². The van der Waals surface area contributed by atoms with Crippen molar-refractivity contribution in [3.8, 4) is 0 Å². The van der Waals surface area contributed by atoms with Crippen LogP contribution in [0, 0.1) is 3.57 Å². The summed E-state index contributed by atoms with van der Waals surface area (Å²) in [7, 11) is 0. The summed E-state index contributed by atoms with van der Waals surface area (Å²) in [5, 5.41) is 3.22. The number of hydrogen-bond acceptors (Lipinski definition) is 3. The van der Waals surface area contributed by atoms with E-state index in [0.29, 0.717) is 0 Å². The largest absolute Gasteiger partial charge is 0.379 e. The average molecular weight is 428 g/mol. The first-order valence-corrected chi connectivity index (χ1v) is 9.65. The maximum Gasteiger partial charge on any atom is 0.252 e. The van der Waals surface area contributed by atoms with Crippen LogP contribution in [-0.4, -0.2) is 49.2 Å². The fourth-order valence-corrected chi connectivity index (χ4v) is 4.47. The number of nitrogens with zero attached hydrogens (tertiary/aromatic N) is 1. The Balaban J connectivity index is 1.69. The van der Waals surface area contributed by atoms with Crippen LogP contribution < -0.4 is 5.32 Å². The Morgan fingerprint density at radius 2 is 1.87 bits per heavy atom. The first-order valence-electron chi connectivity index (χ1n) is 8.57. The lowest BCUT2D eigenvalue weighted by molar-refractivity contribution is -0.0361. The zero-order valence-electron chi connectivity index (χ0n) is 13.5. The minimum Gasteiger partial charge on any atom is -0.379 e. The van der Waals surface area contributed by atoms with E-state index in [1.807, 2.05) is 24.3 Å². The van der Waals surface area contributed by atoms with E-state index in [0.717, 1.165) is 42.0 Å². The van der Waals surface area contributed by atoms with Crippen LogP contribution in [0.5, 0.6) is 0 Å². The predicted octanol–water partition coefficient (Wildman–Crippen LogP) is 3.06. The number of carbonyl (C=O) groups is 1. The first-order chi connectivity index (χ1) is 11.2. The molecule has 5 heteroatoms. The zero-order valence-corrected chi connectivity index (χ0v) is 15.7. The van der Waals surface area contributed by atoms with Gasteiger partial charge in [-0.05, 0) is 47.6 Å². The molecule has 2 fully saturated rings. The van der Waals surface area contributed by atoms with E-state index in [1.54, 1.807) is 0 Å². The fourth-order valence-electron chi connectivity index (χ4n) is 3.84. The van der Waals surface area contributed by atoms with Gasteiger partial charge in [0.15, 0.2) is 0 Å².